The quantitative estimate of drug-likeness (QED) is 0.648. The summed E-state index contributed by atoms with van der Waals surface area (Å²) in [5.74, 6) is 0.419. The Morgan fingerprint density at radius 3 is 2.70 bits per heavy atom. The lowest BCUT2D eigenvalue weighted by molar-refractivity contribution is -0.130. The lowest BCUT2D eigenvalue weighted by Gasteiger charge is -2.35. The predicted octanol–water partition coefficient (Wildman–Crippen LogP) is 2.10. The van der Waals surface area contributed by atoms with E-state index in [0.29, 0.717) is 12.4 Å². The molecule has 0 aliphatic carbocycles. The average molecular weight is 370 g/mol. The minimum absolute atomic E-state index is 0.0120. The van der Waals surface area contributed by atoms with E-state index in [2.05, 4.69) is 26.4 Å². The summed E-state index contributed by atoms with van der Waals surface area (Å²) in [5, 5.41) is 16.3. The molecule has 2 aromatic rings. The summed E-state index contributed by atoms with van der Waals surface area (Å²) in [6.45, 7) is 6.24. The normalized spacial score (nSPS) is 22.2. The highest BCUT2D eigenvalue weighted by atomic mass is 16.2. The number of aromatic nitrogens is 2. The van der Waals surface area contributed by atoms with E-state index >= 15 is 0 Å². The van der Waals surface area contributed by atoms with Gasteiger partial charge in [-0.05, 0) is 25.8 Å². The van der Waals surface area contributed by atoms with Gasteiger partial charge in [0.2, 0.25) is 5.91 Å². The van der Waals surface area contributed by atoms with Gasteiger partial charge in [-0.2, -0.15) is 5.10 Å². The molecule has 3 amide bonds. The standard InChI is InChI=1S/C19H26N6O2/c1-4-15-13(3)21-18(23-17(15)26)25-16(10-12(2)24-25)22-19(27)20-11-14-8-6-5-7-9-14/h5-10,13,15,18,21H,4,11H2,1-3H3,(H,23,26)(H2,20,22,27). The second-order valence-corrected chi connectivity index (χ2v) is 6.79. The number of anilines is 1. The lowest BCUT2D eigenvalue weighted by atomic mass is 9.95. The van der Waals surface area contributed by atoms with Crippen LogP contribution in [-0.2, 0) is 11.3 Å². The van der Waals surface area contributed by atoms with Crippen LogP contribution >= 0.6 is 0 Å². The molecule has 8 heteroatoms. The summed E-state index contributed by atoms with van der Waals surface area (Å²) >= 11 is 0. The van der Waals surface area contributed by atoms with E-state index in [1.807, 2.05) is 51.1 Å². The van der Waals surface area contributed by atoms with E-state index in [1.165, 1.54) is 0 Å². The van der Waals surface area contributed by atoms with Crippen molar-refractivity contribution in [2.24, 2.45) is 5.92 Å². The number of carbonyl (C=O) groups excluding carboxylic acids is 2. The zero-order chi connectivity index (χ0) is 19.4. The van der Waals surface area contributed by atoms with Crippen molar-refractivity contribution in [2.75, 3.05) is 5.32 Å². The Kier molecular flexibility index (Phi) is 5.75. The predicted molar refractivity (Wildman–Crippen MR) is 103 cm³/mol. The van der Waals surface area contributed by atoms with E-state index in [0.717, 1.165) is 17.7 Å². The summed E-state index contributed by atoms with van der Waals surface area (Å²) < 4.78 is 1.59. The molecule has 0 saturated carbocycles. The first-order chi connectivity index (χ1) is 13.0. The van der Waals surface area contributed by atoms with E-state index < -0.39 is 6.29 Å². The van der Waals surface area contributed by atoms with Crippen molar-refractivity contribution < 1.29 is 9.59 Å². The number of benzene rings is 1. The Morgan fingerprint density at radius 1 is 1.30 bits per heavy atom. The number of hydrogen-bond acceptors (Lipinski definition) is 4. The van der Waals surface area contributed by atoms with Crippen LogP contribution in [-0.4, -0.2) is 27.8 Å². The number of rotatable bonds is 5. The molecule has 0 spiro atoms. The molecule has 1 aliphatic heterocycles. The molecule has 1 saturated heterocycles. The fourth-order valence-electron chi connectivity index (χ4n) is 3.29. The van der Waals surface area contributed by atoms with E-state index in [9.17, 15) is 9.59 Å². The molecule has 1 fully saturated rings. The van der Waals surface area contributed by atoms with Gasteiger partial charge in [-0.25, -0.2) is 9.48 Å². The Labute approximate surface area is 158 Å². The van der Waals surface area contributed by atoms with Crippen molar-refractivity contribution in [3.05, 3.63) is 47.7 Å². The summed E-state index contributed by atoms with van der Waals surface area (Å²) in [4.78, 5) is 24.6. The molecule has 1 aromatic heterocycles. The van der Waals surface area contributed by atoms with Crippen LogP contribution in [0.2, 0.25) is 0 Å². The molecule has 8 nitrogen and oxygen atoms in total. The molecule has 1 aromatic carbocycles. The van der Waals surface area contributed by atoms with Crippen LogP contribution in [0.25, 0.3) is 0 Å². The lowest BCUT2D eigenvalue weighted by Crippen LogP contribution is -2.57. The summed E-state index contributed by atoms with van der Waals surface area (Å²) in [7, 11) is 0. The summed E-state index contributed by atoms with van der Waals surface area (Å²) in [5.41, 5.74) is 1.76. The molecule has 1 aliphatic rings. The number of amides is 3. The van der Waals surface area contributed by atoms with Crippen molar-refractivity contribution in [2.45, 2.75) is 46.1 Å². The Hall–Kier alpha value is -2.87. The van der Waals surface area contributed by atoms with Crippen molar-refractivity contribution in [3.8, 4) is 0 Å². The number of hydrogen-bond donors (Lipinski definition) is 4. The monoisotopic (exact) mass is 370 g/mol. The van der Waals surface area contributed by atoms with Crippen LogP contribution in [0.15, 0.2) is 36.4 Å². The summed E-state index contributed by atoms with van der Waals surface area (Å²) in [6.07, 6.45) is 0.256. The first kappa shape index (κ1) is 18.9. The highest BCUT2D eigenvalue weighted by Crippen LogP contribution is 2.21. The molecule has 144 valence electrons. The molecule has 3 unspecified atom stereocenters. The van der Waals surface area contributed by atoms with Gasteiger partial charge in [0.25, 0.3) is 0 Å². The highest BCUT2D eigenvalue weighted by molar-refractivity contribution is 5.88. The van der Waals surface area contributed by atoms with E-state index in [1.54, 1.807) is 10.7 Å². The Bertz CT molecular complexity index is 804. The third-order valence-electron chi connectivity index (χ3n) is 4.72. The molecule has 27 heavy (non-hydrogen) atoms. The van der Waals surface area contributed by atoms with Gasteiger partial charge in [0.15, 0.2) is 6.29 Å². The van der Waals surface area contributed by atoms with Crippen LogP contribution in [0.1, 0.15) is 37.8 Å². The smallest absolute Gasteiger partial charge is 0.320 e. The van der Waals surface area contributed by atoms with Crippen molar-refractivity contribution >= 4 is 17.8 Å². The SMILES string of the molecule is CCC1C(=O)NC(n2nc(C)cc2NC(=O)NCc2ccccc2)NC1C. The first-order valence-corrected chi connectivity index (χ1v) is 9.19. The number of nitrogens with zero attached hydrogens (tertiary/aromatic N) is 2. The first-order valence-electron chi connectivity index (χ1n) is 9.19. The topological polar surface area (TPSA) is 100 Å². The largest absolute Gasteiger partial charge is 0.334 e. The van der Waals surface area contributed by atoms with Crippen LogP contribution in [0.4, 0.5) is 10.6 Å². The molecule has 2 heterocycles. The van der Waals surface area contributed by atoms with Crippen LogP contribution < -0.4 is 21.3 Å². The second kappa shape index (κ2) is 8.22. The third kappa shape index (κ3) is 4.46. The minimum Gasteiger partial charge on any atom is -0.334 e. The number of carbonyl (C=O) groups is 2. The zero-order valence-corrected chi connectivity index (χ0v) is 15.8. The van der Waals surface area contributed by atoms with Crippen molar-refractivity contribution in [3.63, 3.8) is 0 Å². The molecule has 3 atom stereocenters. The van der Waals surface area contributed by atoms with Gasteiger partial charge in [0.05, 0.1) is 11.6 Å². The maximum atomic E-state index is 12.3. The van der Waals surface area contributed by atoms with Gasteiger partial charge in [-0.15, -0.1) is 0 Å². The second-order valence-electron chi connectivity index (χ2n) is 6.79. The van der Waals surface area contributed by atoms with E-state index in [4.69, 9.17) is 0 Å². The van der Waals surface area contributed by atoms with Gasteiger partial charge in [-0.3, -0.25) is 15.4 Å². The number of aryl methyl sites for hydroxylation is 1. The van der Waals surface area contributed by atoms with Crippen molar-refractivity contribution in [1.82, 2.24) is 25.7 Å². The molecule has 4 N–H and O–H groups in total. The summed E-state index contributed by atoms with van der Waals surface area (Å²) in [6, 6.07) is 11.1. The molecular weight excluding hydrogens is 344 g/mol. The zero-order valence-electron chi connectivity index (χ0n) is 15.8. The van der Waals surface area contributed by atoms with Gasteiger partial charge >= 0.3 is 6.03 Å². The molecule has 3 rings (SSSR count). The number of urea groups is 1. The van der Waals surface area contributed by atoms with Crippen molar-refractivity contribution in [1.29, 1.82) is 0 Å². The van der Waals surface area contributed by atoms with Gasteiger partial charge in [-0.1, -0.05) is 37.3 Å². The maximum absolute atomic E-state index is 12.3. The van der Waals surface area contributed by atoms with E-state index in [-0.39, 0.29) is 23.9 Å². The fourth-order valence-corrected chi connectivity index (χ4v) is 3.29. The van der Waals surface area contributed by atoms with Gasteiger partial charge < -0.3 is 10.6 Å². The van der Waals surface area contributed by atoms with Crippen LogP contribution in [0, 0.1) is 12.8 Å². The molecular formula is C19H26N6O2. The van der Waals surface area contributed by atoms with Gasteiger partial charge in [0.1, 0.15) is 5.82 Å². The fraction of sp³-hybridized carbons (Fsp3) is 0.421. The van der Waals surface area contributed by atoms with Gasteiger partial charge in [0, 0.05) is 18.7 Å². The molecule has 0 bridgehead atoms. The number of nitrogens with one attached hydrogen (secondary N) is 4. The highest BCUT2D eigenvalue weighted by Gasteiger charge is 2.34. The van der Waals surface area contributed by atoms with Crippen LogP contribution in [0.5, 0.6) is 0 Å². The minimum atomic E-state index is -0.506. The average Bonchev–Trinajstić information content (AvgIpc) is 3.01. The Balaban J connectivity index is 1.67. The molecule has 0 radical (unpaired) electrons. The third-order valence-corrected chi connectivity index (χ3v) is 4.72. The Morgan fingerprint density at radius 2 is 2.04 bits per heavy atom. The van der Waals surface area contributed by atoms with Crippen LogP contribution in [0.3, 0.4) is 0 Å². The maximum Gasteiger partial charge on any atom is 0.320 e.